The molecule has 1 aromatic carbocycles. The minimum atomic E-state index is -0.0710. The van der Waals surface area contributed by atoms with Gasteiger partial charge in [-0.05, 0) is 18.1 Å². The van der Waals surface area contributed by atoms with E-state index in [4.69, 9.17) is 5.73 Å². The van der Waals surface area contributed by atoms with Crippen molar-refractivity contribution < 1.29 is 4.79 Å². The smallest absolute Gasteiger partial charge is 0.257 e. The van der Waals surface area contributed by atoms with E-state index in [9.17, 15) is 4.79 Å². The molecule has 0 spiro atoms. The second-order valence-corrected chi connectivity index (χ2v) is 6.04. The van der Waals surface area contributed by atoms with Crippen LogP contribution < -0.4 is 11.1 Å². The first-order chi connectivity index (χ1) is 10.2. The SMILES string of the molecule is C=C/C=C(\SC(CN)CCC)C(=O)NCc1ccccc1. The van der Waals surface area contributed by atoms with Crippen molar-refractivity contribution in [3.63, 3.8) is 0 Å². The molecule has 0 saturated heterocycles. The molecule has 1 aromatic rings. The molecule has 0 heterocycles. The molecule has 1 rings (SSSR count). The Bertz CT molecular complexity index is 471. The van der Waals surface area contributed by atoms with E-state index < -0.39 is 0 Å². The highest BCUT2D eigenvalue weighted by Crippen LogP contribution is 2.25. The molecular formula is C17H24N2OS. The number of carbonyl (C=O) groups excluding carboxylic acids is 1. The summed E-state index contributed by atoms with van der Waals surface area (Å²) < 4.78 is 0. The Labute approximate surface area is 131 Å². The molecule has 0 aliphatic carbocycles. The van der Waals surface area contributed by atoms with Crippen LogP contribution in [-0.2, 0) is 11.3 Å². The molecule has 114 valence electrons. The van der Waals surface area contributed by atoms with Gasteiger partial charge in [-0.15, -0.1) is 11.8 Å². The van der Waals surface area contributed by atoms with Crippen LogP contribution >= 0.6 is 11.8 Å². The first-order valence-electron chi connectivity index (χ1n) is 7.22. The third kappa shape index (κ3) is 6.65. The molecule has 4 heteroatoms. The summed E-state index contributed by atoms with van der Waals surface area (Å²) in [5.41, 5.74) is 6.84. The second-order valence-electron chi connectivity index (χ2n) is 4.70. The molecule has 21 heavy (non-hydrogen) atoms. The topological polar surface area (TPSA) is 55.1 Å². The van der Waals surface area contributed by atoms with Gasteiger partial charge in [0.25, 0.3) is 5.91 Å². The van der Waals surface area contributed by atoms with Crippen molar-refractivity contribution in [2.75, 3.05) is 6.54 Å². The van der Waals surface area contributed by atoms with Crippen molar-refractivity contribution >= 4 is 17.7 Å². The zero-order chi connectivity index (χ0) is 15.5. The lowest BCUT2D eigenvalue weighted by atomic mass is 10.2. The van der Waals surface area contributed by atoms with Gasteiger partial charge in [-0.25, -0.2) is 0 Å². The van der Waals surface area contributed by atoms with Crippen LogP contribution in [0.3, 0.4) is 0 Å². The zero-order valence-corrected chi connectivity index (χ0v) is 13.4. The first kappa shape index (κ1) is 17.5. The Kier molecular flexibility index (Phi) is 8.55. The van der Waals surface area contributed by atoms with E-state index in [0.717, 1.165) is 18.4 Å². The van der Waals surface area contributed by atoms with Crippen LogP contribution in [0.25, 0.3) is 0 Å². The van der Waals surface area contributed by atoms with Crippen LogP contribution in [0.4, 0.5) is 0 Å². The molecule has 1 atom stereocenters. The number of allylic oxidation sites excluding steroid dienone is 2. The van der Waals surface area contributed by atoms with Gasteiger partial charge in [0.15, 0.2) is 0 Å². The lowest BCUT2D eigenvalue weighted by molar-refractivity contribution is -0.116. The van der Waals surface area contributed by atoms with Gasteiger partial charge in [-0.3, -0.25) is 4.79 Å². The minimum Gasteiger partial charge on any atom is -0.348 e. The van der Waals surface area contributed by atoms with Crippen LogP contribution in [-0.4, -0.2) is 17.7 Å². The molecule has 0 saturated carbocycles. The van der Waals surface area contributed by atoms with Crippen LogP contribution in [0.5, 0.6) is 0 Å². The average Bonchev–Trinajstić information content (AvgIpc) is 2.52. The van der Waals surface area contributed by atoms with Gasteiger partial charge in [-0.2, -0.15) is 0 Å². The fourth-order valence-electron chi connectivity index (χ4n) is 1.87. The Hall–Kier alpha value is -1.52. The molecule has 0 aliphatic heterocycles. The van der Waals surface area contributed by atoms with Gasteiger partial charge in [-0.1, -0.05) is 56.3 Å². The van der Waals surface area contributed by atoms with Crippen LogP contribution in [0.2, 0.25) is 0 Å². The number of thioether (sulfide) groups is 1. The predicted molar refractivity (Wildman–Crippen MR) is 91.9 cm³/mol. The molecule has 1 unspecified atom stereocenters. The first-order valence-corrected chi connectivity index (χ1v) is 8.10. The van der Waals surface area contributed by atoms with Gasteiger partial charge in [0, 0.05) is 18.3 Å². The summed E-state index contributed by atoms with van der Waals surface area (Å²) >= 11 is 1.54. The number of nitrogens with one attached hydrogen (secondary N) is 1. The van der Waals surface area contributed by atoms with E-state index in [0.29, 0.717) is 18.0 Å². The quantitative estimate of drug-likeness (QED) is 0.544. The van der Waals surface area contributed by atoms with Crippen LogP contribution in [0.1, 0.15) is 25.3 Å². The minimum absolute atomic E-state index is 0.0710. The number of nitrogens with two attached hydrogens (primary N) is 1. The maximum Gasteiger partial charge on any atom is 0.257 e. The molecule has 0 radical (unpaired) electrons. The molecule has 0 fully saturated rings. The summed E-state index contributed by atoms with van der Waals surface area (Å²) in [6.45, 7) is 6.89. The van der Waals surface area contributed by atoms with E-state index in [1.807, 2.05) is 30.3 Å². The predicted octanol–water partition coefficient (Wildman–Crippen LogP) is 3.23. The number of benzene rings is 1. The summed E-state index contributed by atoms with van der Waals surface area (Å²) in [6, 6.07) is 9.86. The van der Waals surface area contributed by atoms with Crippen LogP contribution in [0.15, 0.2) is 54.0 Å². The second kappa shape index (κ2) is 10.2. The number of hydrogen-bond donors (Lipinski definition) is 2. The Balaban J connectivity index is 2.61. The summed E-state index contributed by atoms with van der Waals surface area (Å²) in [4.78, 5) is 12.9. The van der Waals surface area contributed by atoms with E-state index in [1.165, 1.54) is 11.8 Å². The molecule has 3 N–H and O–H groups in total. The molecular weight excluding hydrogens is 280 g/mol. The van der Waals surface area contributed by atoms with E-state index >= 15 is 0 Å². The van der Waals surface area contributed by atoms with Crippen molar-refractivity contribution in [3.05, 3.63) is 59.5 Å². The standard InChI is InChI=1S/C17H24N2OS/c1-3-8-15(12-18)21-16(9-4-2)17(20)19-13-14-10-6-5-7-11-14/h4-7,9-11,15H,2-3,8,12-13,18H2,1H3,(H,19,20)/b16-9-. The van der Waals surface area contributed by atoms with Crippen LogP contribution in [0, 0.1) is 0 Å². The van der Waals surface area contributed by atoms with Crippen molar-refractivity contribution in [2.24, 2.45) is 5.73 Å². The van der Waals surface area contributed by atoms with Gasteiger partial charge in [0.05, 0.1) is 4.91 Å². The highest BCUT2D eigenvalue weighted by atomic mass is 32.2. The maximum atomic E-state index is 12.3. The van der Waals surface area contributed by atoms with Crippen molar-refractivity contribution in [1.82, 2.24) is 5.32 Å². The Morgan fingerprint density at radius 1 is 1.43 bits per heavy atom. The highest BCUT2D eigenvalue weighted by molar-refractivity contribution is 8.04. The number of carbonyl (C=O) groups is 1. The largest absolute Gasteiger partial charge is 0.348 e. The highest BCUT2D eigenvalue weighted by Gasteiger charge is 2.15. The molecule has 3 nitrogen and oxygen atoms in total. The summed E-state index contributed by atoms with van der Waals surface area (Å²) in [5.74, 6) is -0.0710. The number of hydrogen-bond acceptors (Lipinski definition) is 3. The maximum absolute atomic E-state index is 12.3. The normalized spacial score (nSPS) is 12.8. The third-order valence-electron chi connectivity index (χ3n) is 2.96. The molecule has 0 bridgehead atoms. The monoisotopic (exact) mass is 304 g/mol. The lowest BCUT2D eigenvalue weighted by Gasteiger charge is -2.15. The van der Waals surface area contributed by atoms with Gasteiger partial charge >= 0.3 is 0 Å². The van der Waals surface area contributed by atoms with Crippen molar-refractivity contribution in [2.45, 2.75) is 31.6 Å². The fraction of sp³-hybridized carbons (Fsp3) is 0.353. The van der Waals surface area contributed by atoms with Crippen molar-refractivity contribution in [3.8, 4) is 0 Å². The number of rotatable bonds is 9. The van der Waals surface area contributed by atoms with E-state index in [1.54, 1.807) is 12.2 Å². The fourth-order valence-corrected chi connectivity index (χ4v) is 3.03. The van der Waals surface area contributed by atoms with E-state index in [2.05, 4.69) is 18.8 Å². The number of amides is 1. The van der Waals surface area contributed by atoms with Gasteiger partial charge in [0.1, 0.15) is 0 Å². The molecule has 0 aromatic heterocycles. The Morgan fingerprint density at radius 2 is 2.14 bits per heavy atom. The Morgan fingerprint density at radius 3 is 2.71 bits per heavy atom. The van der Waals surface area contributed by atoms with Gasteiger partial charge in [0.2, 0.25) is 0 Å². The third-order valence-corrected chi connectivity index (χ3v) is 4.29. The van der Waals surface area contributed by atoms with Crippen molar-refractivity contribution in [1.29, 1.82) is 0 Å². The summed E-state index contributed by atoms with van der Waals surface area (Å²) in [5, 5.41) is 3.21. The summed E-state index contributed by atoms with van der Waals surface area (Å²) in [6.07, 6.45) is 5.46. The lowest BCUT2D eigenvalue weighted by Crippen LogP contribution is -2.25. The average molecular weight is 304 g/mol. The van der Waals surface area contributed by atoms with E-state index in [-0.39, 0.29) is 11.2 Å². The molecule has 1 amide bonds. The zero-order valence-electron chi connectivity index (χ0n) is 12.5. The molecule has 0 aliphatic rings. The summed E-state index contributed by atoms with van der Waals surface area (Å²) in [7, 11) is 0. The van der Waals surface area contributed by atoms with Gasteiger partial charge < -0.3 is 11.1 Å².